The number of nitrogens with one attached hydrogen (secondary N) is 1. The Morgan fingerprint density at radius 3 is 2.43 bits per heavy atom. The Morgan fingerprint density at radius 1 is 1.09 bits per heavy atom. The quantitative estimate of drug-likeness (QED) is 0.858. The molecule has 1 aliphatic heterocycles. The smallest absolute Gasteiger partial charge is 0.251 e. The van der Waals surface area contributed by atoms with Crippen molar-refractivity contribution in [1.29, 1.82) is 0 Å². The van der Waals surface area contributed by atoms with E-state index in [2.05, 4.69) is 5.32 Å². The van der Waals surface area contributed by atoms with Gasteiger partial charge in [-0.2, -0.15) is 0 Å². The number of amides is 1. The Bertz CT molecular complexity index is 701. The average Bonchev–Trinajstić information content (AvgIpc) is 2.84. The first-order chi connectivity index (χ1) is 11.2. The first-order valence-electron chi connectivity index (χ1n) is 7.46. The maximum atomic E-state index is 12.6. The summed E-state index contributed by atoms with van der Waals surface area (Å²) >= 11 is 5.33. The molecule has 4 nitrogen and oxygen atoms in total. The molecule has 1 unspecified atom stereocenters. The van der Waals surface area contributed by atoms with E-state index in [9.17, 15) is 4.79 Å². The normalized spacial score (nSPS) is 17.3. The molecular weight excluding hydrogens is 308 g/mol. The van der Waals surface area contributed by atoms with Crippen molar-refractivity contribution in [3.63, 3.8) is 0 Å². The van der Waals surface area contributed by atoms with E-state index in [4.69, 9.17) is 17.0 Å². The number of hydrogen-bond acceptors (Lipinski definition) is 3. The number of methoxy groups -OCH3 is 1. The second-order valence-electron chi connectivity index (χ2n) is 5.46. The predicted octanol–water partition coefficient (Wildman–Crippen LogP) is 2.52. The van der Waals surface area contributed by atoms with Crippen LogP contribution in [-0.4, -0.2) is 29.1 Å². The van der Waals surface area contributed by atoms with E-state index in [1.54, 1.807) is 12.0 Å². The minimum Gasteiger partial charge on any atom is -0.497 e. The van der Waals surface area contributed by atoms with E-state index in [1.807, 2.05) is 54.6 Å². The molecule has 1 saturated heterocycles. The largest absolute Gasteiger partial charge is 0.497 e. The molecule has 1 heterocycles. The van der Waals surface area contributed by atoms with Gasteiger partial charge in [-0.25, -0.2) is 0 Å². The highest BCUT2D eigenvalue weighted by Gasteiger charge is 2.35. The monoisotopic (exact) mass is 326 g/mol. The van der Waals surface area contributed by atoms with Crippen molar-refractivity contribution in [3.8, 4) is 5.75 Å². The summed E-state index contributed by atoms with van der Waals surface area (Å²) in [5, 5.41) is 3.62. The van der Waals surface area contributed by atoms with Gasteiger partial charge in [-0.05, 0) is 35.5 Å². The number of carbonyl (C=O) groups is 1. The van der Waals surface area contributed by atoms with Crippen LogP contribution in [0.25, 0.3) is 0 Å². The minimum atomic E-state index is -0.289. The van der Waals surface area contributed by atoms with Crippen molar-refractivity contribution in [3.05, 3.63) is 65.7 Å². The zero-order valence-corrected chi connectivity index (χ0v) is 13.7. The van der Waals surface area contributed by atoms with Crippen molar-refractivity contribution in [2.24, 2.45) is 0 Å². The number of rotatable bonds is 5. The summed E-state index contributed by atoms with van der Waals surface area (Å²) in [6.45, 7) is 0.472. The molecule has 0 spiro atoms. The van der Waals surface area contributed by atoms with Crippen LogP contribution >= 0.6 is 12.2 Å². The van der Waals surface area contributed by atoms with Gasteiger partial charge < -0.3 is 10.1 Å². The highest BCUT2D eigenvalue weighted by atomic mass is 32.1. The van der Waals surface area contributed by atoms with Gasteiger partial charge in [0.15, 0.2) is 5.11 Å². The Balaban J connectivity index is 1.68. The molecule has 0 radical (unpaired) electrons. The predicted molar refractivity (Wildman–Crippen MR) is 93.2 cm³/mol. The molecule has 1 amide bonds. The maximum absolute atomic E-state index is 12.6. The average molecular weight is 326 g/mol. The molecule has 23 heavy (non-hydrogen) atoms. The van der Waals surface area contributed by atoms with Gasteiger partial charge >= 0.3 is 0 Å². The SMILES string of the molecule is COc1ccc(CN2C(=O)C(Cc3ccccc3)NC2=S)cc1. The van der Waals surface area contributed by atoms with Gasteiger partial charge in [-0.3, -0.25) is 9.69 Å². The first kappa shape index (κ1) is 15.5. The lowest BCUT2D eigenvalue weighted by Crippen LogP contribution is -2.32. The van der Waals surface area contributed by atoms with Crippen LogP contribution in [-0.2, 0) is 17.8 Å². The van der Waals surface area contributed by atoms with Crippen LogP contribution in [0.3, 0.4) is 0 Å². The lowest BCUT2D eigenvalue weighted by atomic mass is 10.1. The molecule has 1 fully saturated rings. The van der Waals surface area contributed by atoms with E-state index < -0.39 is 0 Å². The number of benzene rings is 2. The summed E-state index contributed by atoms with van der Waals surface area (Å²) in [5.74, 6) is 0.818. The summed E-state index contributed by atoms with van der Waals surface area (Å²) in [4.78, 5) is 14.2. The fraction of sp³-hybridized carbons (Fsp3) is 0.222. The van der Waals surface area contributed by atoms with Gasteiger partial charge in [0.2, 0.25) is 0 Å². The van der Waals surface area contributed by atoms with Gasteiger partial charge in [0, 0.05) is 6.42 Å². The molecule has 1 aliphatic rings. The van der Waals surface area contributed by atoms with Crippen LogP contribution in [0.5, 0.6) is 5.75 Å². The Hall–Kier alpha value is -2.40. The molecule has 0 bridgehead atoms. The van der Waals surface area contributed by atoms with Crippen molar-refractivity contribution in [2.75, 3.05) is 7.11 Å². The van der Waals surface area contributed by atoms with Gasteiger partial charge in [0.1, 0.15) is 11.8 Å². The van der Waals surface area contributed by atoms with E-state index in [0.29, 0.717) is 18.1 Å². The second-order valence-corrected chi connectivity index (χ2v) is 5.85. The highest BCUT2D eigenvalue weighted by molar-refractivity contribution is 7.80. The summed E-state index contributed by atoms with van der Waals surface area (Å²) in [5.41, 5.74) is 2.14. The third-order valence-corrected chi connectivity index (χ3v) is 4.23. The molecule has 0 saturated carbocycles. The maximum Gasteiger partial charge on any atom is 0.251 e. The van der Waals surface area contributed by atoms with Crippen LogP contribution in [0.4, 0.5) is 0 Å². The first-order valence-corrected chi connectivity index (χ1v) is 7.87. The van der Waals surface area contributed by atoms with Crippen molar-refractivity contribution >= 4 is 23.2 Å². The molecular formula is C18H18N2O2S. The van der Waals surface area contributed by atoms with Crippen LogP contribution in [0.1, 0.15) is 11.1 Å². The van der Waals surface area contributed by atoms with Crippen LogP contribution in [0.2, 0.25) is 0 Å². The standard InChI is InChI=1S/C18H18N2O2S/c1-22-15-9-7-14(8-10-15)12-20-17(21)16(19-18(20)23)11-13-5-3-2-4-6-13/h2-10,16H,11-12H2,1H3,(H,19,23). The van der Waals surface area contributed by atoms with Gasteiger partial charge in [0.05, 0.1) is 13.7 Å². The molecule has 2 aromatic rings. The number of ether oxygens (including phenoxy) is 1. The zero-order chi connectivity index (χ0) is 16.2. The fourth-order valence-corrected chi connectivity index (χ4v) is 2.93. The molecule has 118 valence electrons. The second kappa shape index (κ2) is 6.79. The van der Waals surface area contributed by atoms with Gasteiger partial charge in [-0.15, -0.1) is 0 Å². The van der Waals surface area contributed by atoms with E-state index >= 15 is 0 Å². The number of hydrogen-bond donors (Lipinski definition) is 1. The molecule has 2 aromatic carbocycles. The third-order valence-electron chi connectivity index (χ3n) is 3.89. The Kier molecular flexibility index (Phi) is 4.57. The Labute approximate surface area is 141 Å². The molecule has 0 aromatic heterocycles. The summed E-state index contributed by atoms with van der Waals surface area (Å²) in [6, 6.07) is 17.3. The lowest BCUT2D eigenvalue weighted by Gasteiger charge is -2.15. The molecule has 5 heteroatoms. The number of nitrogens with zero attached hydrogens (tertiary/aromatic N) is 1. The molecule has 0 aliphatic carbocycles. The summed E-state index contributed by atoms with van der Waals surface area (Å²) < 4.78 is 5.15. The fourth-order valence-electron chi connectivity index (χ4n) is 2.63. The van der Waals surface area contributed by atoms with Gasteiger partial charge in [-0.1, -0.05) is 42.5 Å². The lowest BCUT2D eigenvalue weighted by molar-refractivity contribution is -0.127. The summed E-state index contributed by atoms with van der Waals surface area (Å²) in [6.07, 6.45) is 0.638. The molecule has 3 rings (SSSR count). The van der Waals surface area contributed by atoms with Gasteiger partial charge in [0.25, 0.3) is 5.91 Å². The number of carbonyl (C=O) groups excluding carboxylic acids is 1. The highest BCUT2D eigenvalue weighted by Crippen LogP contribution is 2.17. The van der Waals surface area contributed by atoms with Crippen molar-refractivity contribution in [2.45, 2.75) is 19.0 Å². The van der Waals surface area contributed by atoms with Crippen molar-refractivity contribution in [1.82, 2.24) is 10.2 Å². The van der Waals surface area contributed by atoms with E-state index in [1.165, 1.54) is 0 Å². The molecule has 1 atom stereocenters. The van der Waals surface area contributed by atoms with Crippen LogP contribution in [0, 0.1) is 0 Å². The Morgan fingerprint density at radius 2 is 1.78 bits per heavy atom. The molecule has 1 N–H and O–H groups in total. The number of thiocarbonyl (C=S) groups is 1. The minimum absolute atomic E-state index is 0.0228. The third kappa shape index (κ3) is 3.51. The zero-order valence-electron chi connectivity index (χ0n) is 12.9. The summed E-state index contributed by atoms with van der Waals surface area (Å²) in [7, 11) is 1.63. The topological polar surface area (TPSA) is 41.6 Å². The van der Waals surface area contributed by atoms with Crippen LogP contribution in [0.15, 0.2) is 54.6 Å². The van der Waals surface area contributed by atoms with Crippen LogP contribution < -0.4 is 10.1 Å². The van der Waals surface area contributed by atoms with E-state index in [-0.39, 0.29) is 11.9 Å². The van der Waals surface area contributed by atoms with E-state index in [0.717, 1.165) is 16.9 Å². The van der Waals surface area contributed by atoms with Crippen molar-refractivity contribution < 1.29 is 9.53 Å².